The first-order valence-corrected chi connectivity index (χ1v) is 7.13. The Bertz CT molecular complexity index is 863. The zero-order valence-corrected chi connectivity index (χ0v) is 11.4. The van der Waals surface area contributed by atoms with Crippen molar-refractivity contribution in [2.24, 2.45) is 10.7 Å². The maximum absolute atomic E-state index is 5.78. The van der Waals surface area contributed by atoms with E-state index in [4.69, 9.17) is 11.5 Å². The number of hydrogen-bond acceptors (Lipinski definition) is 5. The van der Waals surface area contributed by atoms with E-state index in [0.29, 0.717) is 11.0 Å². The molecule has 0 amide bonds. The van der Waals surface area contributed by atoms with Crippen LogP contribution in [0.5, 0.6) is 0 Å². The molecule has 4 N–H and O–H groups in total. The number of nitrogens with two attached hydrogens (primary N) is 2. The van der Waals surface area contributed by atoms with Gasteiger partial charge >= 0.3 is 0 Å². The van der Waals surface area contributed by atoms with E-state index in [0.717, 1.165) is 27.9 Å². The van der Waals surface area contributed by atoms with Gasteiger partial charge < -0.3 is 11.5 Å². The SMILES string of the molecule is NC1=Nc2ccc(-c3ccc4nc(N)sc4c3)cc2C1. The number of rotatable bonds is 1. The summed E-state index contributed by atoms with van der Waals surface area (Å²) in [5, 5.41) is 0.604. The Morgan fingerprint density at radius 3 is 2.70 bits per heavy atom. The average molecular weight is 280 g/mol. The third-order valence-electron chi connectivity index (χ3n) is 3.45. The number of aromatic nitrogens is 1. The second-order valence-electron chi connectivity index (χ2n) is 4.86. The number of thiazole rings is 1. The summed E-state index contributed by atoms with van der Waals surface area (Å²) < 4.78 is 1.11. The van der Waals surface area contributed by atoms with Crippen molar-refractivity contribution in [1.82, 2.24) is 4.98 Å². The molecule has 0 unspecified atom stereocenters. The second kappa shape index (κ2) is 4.05. The maximum Gasteiger partial charge on any atom is 0.181 e. The van der Waals surface area contributed by atoms with Crippen molar-refractivity contribution in [2.75, 3.05) is 5.73 Å². The Hall–Kier alpha value is -2.40. The fourth-order valence-electron chi connectivity index (χ4n) is 2.53. The molecule has 3 aromatic rings. The molecular weight excluding hydrogens is 268 g/mol. The minimum atomic E-state index is 0.604. The van der Waals surface area contributed by atoms with Crippen molar-refractivity contribution < 1.29 is 0 Å². The normalized spacial score (nSPS) is 13.5. The molecule has 0 saturated heterocycles. The molecule has 1 aromatic heterocycles. The topological polar surface area (TPSA) is 77.3 Å². The molecule has 2 aromatic carbocycles. The summed E-state index contributed by atoms with van der Waals surface area (Å²) in [7, 11) is 0. The highest BCUT2D eigenvalue weighted by Gasteiger charge is 2.13. The van der Waals surface area contributed by atoms with Crippen LogP contribution in [0.15, 0.2) is 41.4 Å². The lowest BCUT2D eigenvalue weighted by Gasteiger charge is -2.04. The van der Waals surface area contributed by atoms with E-state index in [1.54, 1.807) is 0 Å². The number of nitrogens with zero attached hydrogens (tertiary/aromatic N) is 2. The van der Waals surface area contributed by atoms with Gasteiger partial charge in [0.25, 0.3) is 0 Å². The lowest BCUT2D eigenvalue weighted by Crippen LogP contribution is -2.09. The van der Waals surface area contributed by atoms with Crippen LogP contribution in [0.4, 0.5) is 10.8 Å². The minimum absolute atomic E-state index is 0.604. The third kappa shape index (κ3) is 1.75. The Morgan fingerprint density at radius 1 is 1.00 bits per heavy atom. The van der Waals surface area contributed by atoms with Crippen LogP contribution in [0.3, 0.4) is 0 Å². The van der Waals surface area contributed by atoms with Gasteiger partial charge in [-0.3, -0.25) is 0 Å². The van der Waals surface area contributed by atoms with Gasteiger partial charge in [-0.2, -0.15) is 0 Å². The summed E-state index contributed by atoms with van der Waals surface area (Å²) in [6.45, 7) is 0. The molecule has 0 fully saturated rings. The number of anilines is 1. The number of fused-ring (bicyclic) bond motifs is 2. The van der Waals surface area contributed by atoms with Crippen molar-refractivity contribution in [3.63, 3.8) is 0 Å². The molecule has 1 aliphatic rings. The molecule has 0 aliphatic carbocycles. The number of nitrogen functional groups attached to an aromatic ring is 1. The van der Waals surface area contributed by atoms with Crippen molar-refractivity contribution in [3.05, 3.63) is 42.0 Å². The van der Waals surface area contributed by atoms with Crippen molar-refractivity contribution in [2.45, 2.75) is 6.42 Å². The summed E-state index contributed by atoms with van der Waals surface area (Å²) in [6, 6.07) is 12.5. The zero-order chi connectivity index (χ0) is 13.7. The van der Waals surface area contributed by atoms with Crippen molar-refractivity contribution >= 4 is 38.2 Å². The second-order valence-corrected chi connectivity index (χ2v) is 5.92. The monoisotopic (exact) mass is 280 g/mol. The van der Waals surface area contributed by atoms with Crippen LogP contribution < -0.4 is 11.5 Å². The van der Waals surface area contributed by atoms with Gasteiger partial charge in [-0.25, -0.2) is 9.98 Å². The van der Waals surface area contributed by atoms with Crippen LogP contribution in [-0.2, 0) is 6.42 Å². The third-order valence-corrected chi connectivity index (χ3v) is 4.30. The predicted molar refractivity (Wildman–Crippen MR) is 84.5 cm³/mol. The Balaban J connectivity index is 1.82. The van der Waals surface area contributed by atoms with Crippen LogP contribution >= 0.6 is 11.3 Å². The predicted octanol–water partition coefficient (Wildman–Crippen LogP) is 3.09. The van der Waals surface area contributed by atoms with Gasteiger partial charge in [0, 0.05) is 6.42 Å². The molecule has 4 rings (SSSR count). The molecule has 0 saturated carbocycles. The molecule has 0 radical (unpaired) electrons. The van der Waals surface area contributed by atoms with E-state index in [1.165, 1.54) is 22.5 Å². The van der Waals surface area contributed by atoms with Gasteiger partial charge in [0.2, 0.25) is 0 Å². The van der Waals surface area contributed by atoms with Crippen LogP contribution in [0, 0.1) is 0 Å². The number of benzene rings is 2. The molecule has 5 heteroatoms. The van der Waals surface area contributed by atoms with Crippen LogP contribution in [0.2, 0.25) is 0 Å². The van der Waals surface area contributed by atoms with E-state index < -0.39 is 0 Å². The van der Waals surface area contributed by atoms with Crippen LogP contribution in [0.1, 0.15) is 5.56 Å². The highest BCUT2D eigenvalue weighted by atomic mass is 32.1. The fraction of sp³-hybridized carbons (Fsp3) is 0.0667. The molecule has 98 valence electrons. The van der Waals surface area contributed by atoms with Crippen molar-refractivity contribution in [1.29, 1.82) is 0 Å². The van der Waals surface area contributed by atoms with Crippen molar-refractivity contribution in [3.8, 4) is 11.1 Å². The van der Waals surface area contributed by atoms with Gasteiger partial charge in [-0.05, 0) is 41.0 Å². The zero-order valence-electron chi connectivity index (χ0n) is 10.6. The van der Waals surface area contributed by atoms with Gasteiger partial charge in [0.1, 0.15) is 5.84 Å². The van der Waals surface area contributed by atoms with Crippen LogP contribution in [-0.4, -0.2) is 10.8 Å². The molecule has 0 atom stereocenters. The largest absolute Gasteiger partial charge is 0.387 e. The van der Waals surface area contributed by atoms with Gasteiger partial charge in [-0.15, -0.1) is 0 Å². The molecule has 0 spiro atoms. The Morgan fingerprint density at radius 2 is 1.80 bits per heavy atom. The van der Waals surface area contributed by atoms with E-state index in [2.05, 4.69) is 34.2 Å². The Labute approximate surface area is 119 Å². The highest BCUT2D eigenvalue weighted by molar-refractivity contribution is 7.22. The molecule has 0 bridgehead atoms. The number of aliphatic imine (C=N–C) groups is 1. The first-order valence-electron chi connectivity index (χ1n) is 6.31. The lowest BCUT2D eigenvalue weighted by atomic mass is 10.0. The summed E-state index contributed by atoms with van der Waals surface area (Å²) in [6.07, 6.45) is 0.735. The molecular formula is C15H12N4S. The van der Waals surface area contributed by atoms with Crippen LogP contribution in [0.25, 0.3) is 21.3 Å². The first-order chi connectivity index (χ1) is 9.69. The standard InChI is InChI=1S/C15H12N4S/c16-14-7-10-5-8(1-3-11(10)18-14)9-2-4-12-13(6-9)20-15(17)19-12/h1-6H,7H2,(H2,16,18)(H2,17,19). The minimum Gasteiger partial charge on any atom is -0.387 e. The summed E-state index contributed by atoms with van der Waals surface area (Å²) in [4.78, 5) is 8.59. The molecule has 20 heavy (non-hydrogen) atoms. The first kappa shape index (κ1) is 11.4. The summed E-state index contributed by atoms with van der Waals surface area (Å²) in [5.74, 6) is 0.683. The number of hydrogen-bond donors (Lipinski definition) is 2. The molecule has 1 aliphatic heterocycles. The fourth-order valence-corrected chi connectivity index (χ4v) is 3.30. The van der Waals surface area contributed by atoms with E-state index >= 15 is 0 Å². The Kier molecular flexibility index (Phi) is 2.31. The summed E-state index contributed by atoms with van der Waals surface area (Å²) >= 11 is 1.51. The lowest BCUT2D eigenvalue weighted by molar-refractivity contribution is 1.37. The van der Waals surface area contributed by atoms with E-state index in [9.17, 15) is 0 Å². The number of amidine groups is 1. The van der Waals surface area contributed by atoms with Gasteiger partial charge in [0.05, 0.1) is 15.9 Å². The highest BCUT2D eigenvalue weighted by Crippen LogP contribution is 2.33. The van der Waals surface area contributed by atoms with Gasteiger partial charge in [-0.1, -0.05) is 23.5 Å². The maximum atomic E-state index is 5.78. The van der Waals surface area contributed by atoms with Gasteiger partial charge in [0.15, 0.2) is 5.13 Å². The molecule has 4 nitrogen and oxygen atoms in total. The summed E-state index contributed by atoms with van der Waals surface area (Å²) in [5.41, 5.74) is 17.0. The quantitative estimate of drug-likeness (QED) is 0.719. The van der Waals surface area contributed by atoms with E-state index in [-0.39, 0.29) is 0 Å². The smallest absolute Gasteiger partial charge is 0.181 e. The van der Waals surface area contributed by atoms with E-state index in [1.807, 2.05) is 12.1 Å². The molecule has 2 heterocycles. The average Bonchev–Trinajstić information content (AvgIpc) is 2.97.